The number of hydrogen-bond acceptors (Lipinski definition) is 3. The third-order valence-corrected chi connectivity index (χ3v) is 3.08. The van der Waals surface area contributed by atoms with Crippen LogP contribution in [0, 0.1) is 0 Å². The molecule has 15 heavy (non-hydrogen) atoms. The molecule has 0 aliphatic carbocycles. The van der Waals surface area contributed by atoms with Crippen LogP contribution in [0.3, 0.4) is 0 Å². The summed E-state index contributed by atoms with van der Waals surface area (Å²) in [6.45, 7) is 1.22. The fourth-order valence-corrected chi connectivity index (χ4v) is 2.18. The molecule has 2 heterocycles. The van der Waals surface area contributed by atoms with Gasteiger partial charge in [-0.25, -0.2) is 4.98 Å². The average Bonchev–Trinajstić information content (AvgIpc) is 2.49. The third-order valence-electron chi connectivity index (χ3n) is 2.39. The van der Waals surface area contributed by atoms with Gasteiger partial charge < -0.3 is 4.90 Å². The van der Waals surface area contributed by atoms with Gasteiger partial charge in [-0.15, -0.1) is 0 Å². The zero-order valence-electron chi connectivity index (χ0n) is 8.06. The van der Waals surface area contributed by atoms with E-state index in [9.17, 15) is 4.79 Å². The van der Waals surface area contributed by atoms with Crippen molar-refractivity contribution in [2.45, 2.75) is 18.2 Å². The Bertz CT molecular complexity index is 385. The topological polar surface area (TPSA) is 33.2 Å². The van der Waals surface area contributed by atoms with Crippen LogP contribution in [0.2, 0.25) is 5.15 Å². The number of carbonyl (C=O) groups excluding carboxylic acids is 1. The summed E-state index contributed by atoms with van der Waals surface area (Å²) in [4.78, 5) is 17.3. The predicted molar refractivity (Wildman–Crippen MR) is 62.1 cm³/mol. The van der Waals surface area contributed by atoms with Gasteiger partial charge in [0.1, 0.15) is 5.15 Å². The molecule has 1 aromatic rings. The molecule has 1 unspecified atom stereocenters. The van der Waals surface area contributed by atoms with Crippen LogP contribution in [0.25, 0.3) is 0 Å². The van der Waals surface area contributed by atoms with Crippen molar-refractivity contribution < 1.29 is 4.79 Å². The van der Waals surface area contributed by atoms with Crippen LogP contribution in [-0.4, -0.2) is 27.6 Å². The minimum atomic E-state index is 0.134. The highest BCUT2D eigenvalue weighted by Gasteiger charge is 2.27. The summed E-state index contributed by atoms with van der Waals surface area (Å²) < 4.78 is 0. The van der Waals surface area contributed by atoms with Crippen LogP contribution in [0.15, 0.2) is 18.3 Å². The van der Waals surface area contributed by atoms with Crippen molar-refractivity contribution in [3.63, 3.8) is 0 Å². The molecule has 1 saturated heterocycles. The molecule has 1 aliphatic heterocycles. The number of carbonyl (C=O) groups is 1. The lowest BCUT2D eigenvalue weighted by atomic mass is 10.3. The van der Waals surface area contributed by atoms with Crippen molar-refractivity contribution in [1.82, 2.24) is 9.88 Å². The van der Waals surface area contributed by atoms with Gasteiger partial charge in [0.25, 0.3) is 0 Å². The highest BCUT2D eigenvalue weighted by molar-refractivity contribution is 7.81. The highest BCUT2D eigenvalue weighted by atomic mass is 35.5. The zero-order valence-corrected chi connectivity index (χ0v) is 9.71. The number of likely N-dealkylation sites (tertiary alicyclic amines) is 1. The Morgan fingerprint density at radius 2 is 2.47 bits per heavy atom. The van der Waals surface area contributed by atoms with Crippen molar-refractivity contribution in [2.24, 2.45) is 0 Å². The van der Waals surface area contributed by atoms with Gasteiger partial charge in [0.15, 0.2) is 0 Å². The average molecular weight is 243 g/mol. The Labute approximate surface area is 98.8 Å². The second-order valence-corrected chi connectivity index (χ2v) is 4.67. The second kappa shape index (κ2) is 4.41. The standard InChI is InChI=1S/C10H11ClN2OS/c11-10-7(2-1-3-12-10)5-13-6-8(15)4-9(13)14/h1-3,8,15H,4-6H2. The molecule has 0 N–H and O–H groups in total. The molecule has 1 aromatic heterocycles. The molecular weight excluding hydrogens is 232 g/mol. The van der Waals surface area contributed by atoms with E-state index < -0.39 is 0 Å². The summed E-state index contributed by atoms with van der Waals surface area (Å²) >= 11 is 10.2. The van der Waals surface area contributed by atoms with Crippen LogP contribution >= 0.6 is 24.2 Å². The molecule has 80 valence electrons. The van der Waals surface area contributed by atoms with E-state index >= 15 is 0 Å². The summed E-state index contributed by atoms with van der Waals surface area (Å²) in [7, 11) is 0. The number of amides is 1. The number of halogens is 1. The van der Waals surface area contributed by atoms with Crippen molar-refractivity contribution >= 4 is 30.1 Å². The van der Waals surface area contributed by atoms with Crippen LogP contribution in [0.4, 0.5) is 0 Å². The van der Waals surface area contributed by atoms with Crippen molar-refractivity contribution in [2.75, 3.05) is 6.54 Å². The van der Waals surface area contributed by atoms with Crippen molar-refractivity contribution in [3.8, 4) is 0 Å². The predicted octanol–water partition coefficient (Wildman–Crippen LogP) is 1.77. The zero-order chi connectivity index (χ0) is 10.8. The van der Waals surface area contributed by atoms with Crippen molar-refractivity contribution in [3.05, 3.63) is 29.0 Å². The first-order valence-electron chi connectivity index (χ1n) is 4.72. The largest absolute Gasteiger partial charge is 0.337 e. The molecule has 0 radical (unpaired) electrons. The van der Waals surface area contributed by atoms with Crippen molar-refractivity contribution in [1.29, 1.82) is 0 Å². The molecule has 3 nitrogen and oxygen atoms in total. The van der Waals surface area contributed by atoms with E-state index in [4.69, 9.17) is 11.6 Å². The van der Waals surface area contributed by atoms with Gasteiger partial charge in [-0.05, 0) is 6.07 Å². The lowest BCUT2D eigenvalue weighted by Gasteiger charge is -2.16. The minimum absolute atomic E-state index is 0.134. The van der Waals surface area contributed by atoms with Gasteiger partial charge in [0.05, 0.1) is 0 Å². The Morgan fingerprint density at radius 1 is 1.67 bits per heavy atom. The smallest absolute Gasteiger partial charge is 0.224 e. The first kappa shape index (κ1) is 10.8. The first-order chi connectivity index (χ1) is 7.16. The summed E-state index contributed by atoms with van der Waals surface area (Å²) in [5, 5.41) is 0.612. The fraction of sp³-hybridized carbons (Fsp3) is 0.400. The molecule has 0 spiro atoms. The van der Waals surface area contributed by atoms with Crippen LogP contribution in [0.1, 0.15) is 12.0 Å². The summed E-state index contributed by atoms with van der Waals surface area (Å²) in [6, 6.07) is 3.70. The van der Waals surface area contributed by atoms with E-state index in [2.05, 4.69) is 17.6 Å². The van der Waals surface area contributed by atoms with E-state index in [1.807, 2.05) is 12.1 Å². The number of aromatic nitrogens is 1. The summed E-state index contributed by atoms with van der Waals surface area (Å²) in [5.74, 6) is 0.134. The Balaban J connectivity index is 2.09. The Hall–Kier alpha value is -0.740. The van der Waals surface area contributed by atoms with E-state index in [1.165, 1.54) is 0 Å². The van der Waals surface area contributed by atoms with E-state index in [0.717, 1.165) is 5.56 Å². The van der Waals surface area contributed by atoms with Crippen LogP contribution in [0.5, 0.6) is 0 Å². The van der Waals surface area contributed by atoms with Gasteiger partial charge in [-0.3, -0.25) is 4.79 Å². The molecule has 1 aliphatic rings. The molecule has 2 rings (SSSR count). The normalized spacial score (nSPS) is 21.1. The maximum absolute atomic E-state index is 11.5. The maximum Gasteiger partial charge on any atom is 0.224 e. The van der Waals surface area contributed by atoms with Gasteiger partial charge in [-0.2, -0.15) is 12.6 Å². The van der Waals surface area contributed by atoms with Crippen LogP contribution in [-0.2, 0) is 11.3 Å². The quantitative estimate of drug-likeness (QED) is 0.633. The van der Waals surface area contributed by atoms with E-state index in [0.29, 0.717) is 24.7 Å². The lowest BCUT2D eigenvalue weighted by molar-refractivity contribution is -0.128. The number of nitrogens with zero attached hydrogens (tertiary/aromatic N) is 2. The summed E-state index contributed by atoms with van der Waals surface area (Å²) in [5.41, 5.74) is 0.884. The number of rotatable bonds is 2. The molecular formula is C10H11ClN2OS. The molecule has 0 aromatic carbocycles. The first-order valence-corrected chi connectivity index (χ1v) is 5.61. The summed E-state index contributed by atoms with van der Waals surface area (Å²) in [6.07, 6.45) is 2.15. The molecule has 5 heteroatoms. The number of pyridine rings is 1. The Morgan fingerprint density at radius 3 is 3.07 bits per heavy atom. The molecule has 1 amide bonds. The van der Waals surface area contributed by atoms with E-state index in [-0.39, 0.29) is 11.2 Å². The van der Waals surface area contributed by atoms with Gasteiger partial charge in [0.2, 0.25) is 5.91 Å². The minimum Gasteiger partial charge on any atom is -0.337 e. The maximum atomic E-state index is 11.5. The lowest BCUT2D eigenvalue weighted by Crippen LogP contribution is -2.24. The third kappa shape index (κ3) is 2.44. The molecule has 1 fully saturated rings. The Kier molecular flexibility index (Phi) is 3.17. The molecule has 1 atom stereocenters. The number of hydrogen-bond donors (Lipinski definition) is 1. The molecule has 0 saturated carbocycles. The fourth-order valence-electron chi connectivity index (χ4n) is 1.65. The van der Waals surface area contributed by atoms with Crippen LogP contribution < -0.4 is 0 Å². The van der Waals surface area contributed by atoms with Gasteiger partial charge in [0, 0.05) is 36.5 Å². The molecule has 0 bridgehead atoms. The van der Waals surface area contributed by atoms with Gasteiger partial charge >= 0.3 is 0 Å². The SMILES string of the molecule is O=C1CC(S)CN1Cc1cccnc1Cl. The second-order valence-electron chi connectivity index (χ2n) is 3.59. The van der Waals surface area contributed by atoms with Gasteiger partial charge in [-0.1, -0.05) is 17.7 Å². The highest BCUT2D eigenvalue weighted by Crippen LogP contribution is 2.21. The monoisotopic (exact) mass is 242 g/mol. The number of thiol groups is 1. The van der Waals surface area contributed by atoms with E-state index in [1.54, 1.807) is 11.1 Å².